The Kier molecular flexibility index (Phi) is 2.59. The Bertz CT molecular complexity index is 345. The Morgan fingerprint density at radius 2 is 2.07 bits per heavy atom. The van der Waals surface area contributed by atoms with Crippen molar-refractivity contribution in [2.75, 3.05) is 13.1 Å². The lowest BCUT2D eigenvalue weighted by Gasteiger charge is -2.17. The highest BCUT2D eigenvalue weighted by Gasteiger charge is 2.13. The van der Waals surface area contributed by atoms with Crippen molar-refractivity contribution in [1.82, 2.24) is 4.90 Å². The molecule has 1 aliphatic heterocycles. The SMILES string of the molecule is NC1=NCCN1Cc1ccc(Cl)cc1. The van der Waals surface area contributed by atoms with Crippen LogP contribution in [-0.4, -0.2) is 23.9 Å². The lowest BCUT2D eigenvalue weighted by molar-refractivity contribution is 0.448. The average Bonchev–Trinajstić information content (AvgIpc) is 2.56. The quantitative estimate of drug-likeness (QED) is 0.802. The van der Waals surface area contributed by atoms with Crippen LogP contribution in [0, 0.1) is 0 Å². The van der Waals surface area contributed by atoms with Gasteiger partial charge in [0.05, 0.1) is 6.54 Å². The minimum atomic E-state index is 0.639. The number of nitrogens with two attached hydrogens (primary N) is 1. The van der Waals surface area contributed by atoms with Crippen LogP contribution in [0.5, 0.6) is 0 Å². The molecular formula is C10H12ClN3. The molecule has 3 nitrogen and oxygen atoms in total. The summed E-state index contributed by atoms with van der Waals surface area (Å²) in [5, 5.41) is 0.761. The predicted molar refractivity (Wildman–Crippen MR) is 58.4 cm³/mol. The molecule has 0 aliphatic carbocycles. The summed E-state index contributed by atoms with van der Waals surface area (Å²) in [4.78, 5) is 6.18. The summed E-state index contributed by atoms with van der Waals surface area (Å²) in [7, 11) is 0. The fraction of sp³-hybridized carbons (Fsp3) is 0.300. The molecule has 1 aromatic rings. The topological polar surface area (TPSA) is 41.6 Å². The van der Waals surface area contributed by atoms with Gasteiger partial charge in [-0.05, 0) is 17.7 Å². The lowest BCUT2D eigenvalue weighted by atomic mass is 10.2. The van der Waals surface area contributed by atoms with Crippen LogP contribution in [0.1, 0.15) is 5.56 Å². The van der Waals surface area contributed by atoms with Gasteiger partial charge in [0.2, 0.25) is 0 Å². The summed E-state index contributed by atoms with van der Waals surface area (Å²) in [6.07, 6.45) is 0. The lowest BCUT2D eigenvalue weighted by Crippen LogP contribution is -2.33. The second-order valence-electron chi connectivity index (χ2n) is 3.29. The summed E-state index contributed by atoms with van der Waals surface area (Å²) < 4.78 is 0. The van der Waals surface area contributed by atoms with Crippen LogP contribution < -0.4 is 5.73 Å². The second kappa shape index (κ2) is 3.88. The van der Waals surface area contributed by atoms with Crippen molar-refractivity contribution in [1.29, 1.82) is 0 Å². The normalized spacial score (nSPS) is 15.8. The summed E-state index contributed by atoms with van der Waals surface area (Å²) in [5.74, 6) is 0.639. The Morgan fingerprint density at radius 3 is 2.64 bits per heavy atom. The van der Waals surface area contributed by atoms with Crippen molar-refractivity contribution < 1.29 is 0 Å². The zero-order valence-corrected chi connectivity index (χ0v) is 8.54. The fourth-order valence-electron chi connectivity index (χ4n) is 1.47. The molecule has 0 aromatic heterocycles. The molecule has 74 valence electrons. The standard InChI is InChI=1S/C10H12ClN3/c11-9-3-1-8(2-4-9)7-14-6-5-13-10(14)12/h1-4H,5-7H2,(H2,12,13). The summed E-state index contributed by atoms with van der Waals surface area (Å²) in [6.45, 7) is 2.53. The van der Waals surface area contributed by atoms with E-state index in [9.17, 15) is 0 Å². The maximum absolute atomic E-state index is 5.79. The Balaban J connectivity index is 2.04. The molecule has 0 radical (unpaired) electrons. The molecule has 0 saturated heterocycles. The van der Waals surface area contributed by atoms with E-state index in [-0.39, 0.29) is 0 Å². The minimum absolute atomic E-state index is 0.639. The zero-order valence-electron chi connectivity index (χ0n) is 7.78. The van der Waals surface area contributed by atoms with Crippen LogP contribution in [0.3, 0.4) is 0 Å². The number of guanidine groups is 1. The predicted octanol–water partition coefficient (Wildman–Crippen LogP) is 1.47. The van der Waals surface area contributed by atoms with E-state index in [2.05, 4.69) is 9.89 Å². The number of hydrogen-bond donors (Lipinski definition) is 1. The molecule has 2 rings (SSSR count). The first kappa shape index (κ1) is 9.34. The third kappa shape index (κ3) is 1.99. The van der Waals surface area contributed by atoms with Crippen molar-refractivity contribution in [3.8, 4) is 0 Å². The van der Waals surface area contributed by atoms with E-state index in [1.807, 2.05) is 24.3 Å². The molecule has 2 N–H and O–H groups in total. The summed E-state index contributed by atoms with van der Waals surface area (Å²) in [5.41, 5.74) is 6.91. The van der Waals surface area contributed by atoms with Crippen molar-refractivity contribution >= 4 is 17.6 Å². The molecule has 0 saturated carbocycles. The van der Waals surface area contributed by atoms with E-state index in [4.69, 9.17) is 17.3 Å². The van der Waals surface area contributed by atoms with Gasteiger partial charge in [-0.15, -0.1) is 0 Å². The van der Waals surface area contributed by atoms with Gasteiger partial charge in [0.1, 0.15) is 0 Å². The van der Waals surface area contributed by atoms with Crippen molar-refractivity contribution in [2.45, 2.75) is 6.54 Å². The number of rotatable bonds is 2. The highest BCUT2D eigenvalue weighted by molar-refractivity contribution is 6.30. The molecule has 1 aliphatic rings. The van der Waals surface area contributed by atoms with Crippen molar-refractivity contribution in [2.24, 2.45) is 10.7 Å². The first-order valence-corrected chi connectivity index (χ1v) is 4.93. The molecule has 0 spiro atoms. The second-order valence-corrected chi connectivity index (χ2v) is 3.72. The highest BCUT2D eigenvalue weighted by Crippen LogP contribution is 2.12. The maximum atomic E-state index is 5.79. The van der Waals surface area contributed by atoms with E-state index >= 15 is 0 Å². The van der Waals surface area contributed by atoms with Crippen LogP contribution in [-0.2, 0) is 6.54 Å². The number of aliphatic imine (C=N–C) groups is 1. The zero-order chi connectivity index (χ0) is 9.97. The number of hydrogen-bond acceptors (Lipinski definition) is 3. The molecular weight excluding hydrogens is 198 g/mol. The summed E-state index contributed by atoms with van der Waals surface area (Å²) >= 11 is 5.79. The van der Waals surface area contributed by atoms with Gasteiger partial charge in [0, 0.05) is 18.1 Å². The third-order valence-corrected chi connectivity index (χ3v) is 2.51. The molecule has 0 atom stereocenters. The van der Waals surface area contributed by atoms with Crippen molar-refractivity contribution in [3.05, 3.63) is 34.9 Å². The van der Waals surface area contributed by atoms with E-state index in [0.717, 1.165) is 24.7 Å². The van der Waals surface area contributed by atoms with Gasteiger partial charge in [-0.25, -0.2) is 0 Å². The Morgan fingerprint density at radius 1 is 1.36 bits per heavy atom. The van der Waals surface area contributed by atoms with E-state index in [1.165, 1.54) is 5.56 Å². The molecule has 1 aromatic carbocycles. The minimum Gasteiger partial charge on any atom is -0.370 e. The first-order valence-electron chi connectivity index (χ1n) is 4.55. The highest BCUT2D eigenvalue weighted by atomic mass is 35.5. The van der Waals surface area contributed by atoms with E-state index in [1.54, 1.807) is 0 Å². The van der Waals surface area contributed by atoms with Gasteiger partial charge in [0.25, 0.3) is 0 Å². The molecule has 0 bridgehead atoms. The van der Waals surface area contributed by atoms with E-state index in [0.29, 0.717) is 5.96 Å². The number of benzene rings is 1. The monoisotopic (exact) mass is 209 g/mol. The first-order chi connectivity index (χ1) is 6.75. The van der Waals surface area contributed by atoms with Crippen LogP contribution >= 0.6 is 11.6 Å². The van der Waals surface area contributed by atoms with Crippen LogP contribution in [0.15, 0.2) is 29.3 Å². The molecule has 0 amide bonds. The van der Waals surface area contributed by atoms with Gasteiger partial charge in [-0.2, -0.15) is 0 Å². The molecule has 4 heteroatoms. The number of nitrogens with zero attached hydrogens (tertiary/aromatic N) is 2. The Hall–Kier alpha value is -1.22. The molecule has 0 fully saturated rings. The molecule has 0 unspecified atom stereocenters. The van der Waals surface area contributed by atoms with E-state index < -0.39 is 0 Å². The average molecular weight is 210 g/mol. The Labute approximate surface area is 88.2 Å². The number of halogens is 1. The van der Waals surface area contributed by atoms with Gasteiger partial charge in [0.15, 0.2) is 5.96 Å². The smallest absolute Gasteiger partial charge is 0.191 e. The third-order valence-electron chi connectivity index (χ3n) is 2.25. The largest absolute Gasteiger partial charge is 0.370 e. The van der Waals surface area contributed by atoms with Gasteiger partial charge >= 0.3 is 0 Å². The maximum Gasteiger partial charge on any atom is 0.191 e. The van der Waals surface area contributed by atoms with Crippen molar-refractivity contribution in [3.63, 3.8) is 0 Å². The van der Waals surface area contributed by atoms with Crippen LogP contribution in [0.4, 0.5) is 0 Å². The van der Waals surface area contributed by atoms with Gasteiger partial charge < -0.3 is 10.6 Å². The molecule has 1 heterocycles. The fourth-order valence-corrected chi connectivity index (χ4v) is 1.60. The van der Waals surface area contributed by atoms with Crippen LogP contribution in [0.25, 0.3) is 0 Å². The molecule has 14 heavy (non-hydrogen) atoms. The summed E-state index contributed by atoms with van der Waals surface area (Å²) in [6, 6.07) is 7.79. The van der Waals surface area contributed by atoms with Gasteiger partial charge in [-0.3, -0.25) is 4.99 Å². The van der Waals surface area contributed by atoms with Crippen LogP contribution in [0.2, 0.25) is 5.02 Å². The van der Waals surface area contributed by atoms with Gasteiger partial charge in [-0.1, -0.05) is 23.7 Å².